The van der Waals surface area contributed by atoms with E-state index in [0.29, 0.717) is 6.42 Å². The third-order valence-corrected chi connectivity index (χ3v) is 4.54. The molecule has 2 atom stereocenters. The van der Waals surface area contributed by atoms with Gasteiger partial charge in [0.2, 0.25) is 0 Å². The van der Waals surface area contributed by atoms with Gasteiger partial charge in [0.1, 0.15) is 0 Å². The quantitative estimate of drug-likeness (QED) is 0.856. The predicted molar refractivity (Wildman–Crippen MR) is 71.8 cm³/mol. The monoisotopic (exact) mass is 268 g/mol. The Kier molecular flexibility index (Phi) is 3.69. The van der Waals surface area contributed by atoms with Crippen LogP contribution in [0.2, 0.25) is 0 Å². The van der Waals surface area contributed by atoms with Crippen LogP contribution in [0.4, 0.5) is 8.78 Å². The van der Waals surface area contributed by atoms with Crippen molar-refractivity contribution < 1.29 is 13.9 Å². The molecule has 0 radical (unpaired) electrons. The van der Waals surface area contributed by atoms with Crippen LogP contribution < -0.4 is 0 Å². The van der Waals surface area contributed by atoms with Crippen molar-refractivity contribution in [1.29, 1.82) is 0 Å². The average Bonchev–Trinajstić information content (AvgIpc) is 2.31. The van der Waals surface area contributed by atoms with Crippen molar-refractivity contribution >= 4 is 0 Å². The molecule has 1 aromatic carbocycles. The van der Waals surface area contributed by atoms with Crippen LogP contribution >= 0.6 is 0 Å². The standard InChI is InChI=1S/C16H22F2O/c1-11-9-15(2,3)7-8-16(11,19)10-12-5-4-6-13(17)14(12)18/h4-6,11,19H,7-10H2,1-3H3. The van der Waals surface area contributed by atoms with E-state index in [0.717, 1.165) is 18.9 Å². The second kappa shape index (κ2) is 4.86. The van der Waals surface area contributed by atoms with E-state index in [9.17, 15) is 13.9 Å². The zero-order valence-electron chi connectivity index (χ0n) is 11.8. The highest BCUT2D eigenvalue weighted by Gasteiger charge is 2.42. The van der Waals surface area contributed by atoms with Crippen LogP contribution in [0.25, 0.3) is 0 Å². The summed E-state index contributed by atoms with van der Waals surface area (Å²) in [4.78, 5) is 0. The van der Waals surface area contributed by atoms with E-state index in [1.165, 1.54) is 6.07 Å². The van der Waals surface area contributed by atoms with Gasteiger partial charge in [-0.05, 0) is 42.2 Å². The number of benzene rings is 1. The summed E-state index contributed by atoms with van der Waals surface area (Å²) in [5, 5.41) is 10.8. The molecule has 0 amide bonds. The van der Waals surface area contributed by atoms with Gasteiger partial charge < -0.3 is 5.11 Å². The highest BCUT2D eigenvalue weighted by Crippen LogP contribution is 2.45. The summed E-state index contributed by atoms with van der Waals surface area (Å²) in [7, 11) is 0. The molecule has 1 nitrogen and oxygen atoms in total. The number of halogens is 2. The smallest absolute Gasteiger partial charge is 0.162 e. The average molecular weight is 268 g/mol. The van der Waals surface area contributed by atoms with Gasteiger partial charge in [-0.15, -0.1) is 0 Å². The Hall–Kier alpha value is -0.960. The van der Waals surface area contributed by atoms with E-state index in [2.05, 4.69) is 13.8 Å². The molecular formula is C16H22F2O. The molecule has 2 rings (SSSR count). The Balaban J connectivity index is 2.20. The van der Waals surface area contributed by atoms with Crippen molar-refractivity contribution in [1.82, 2.24) is 0 Å². The molecule has 0 saturated heterocycles. The molecular weight excluding hydrogens is 246 g/mol. The number of hydrogen-bond acceptors (Lipinski definition) is 1. The molecule has 1 fully saturated rings. The maximum Gasteiger partial charge on any atom is 0.162 e. The molecule has 0 bridgehead atoms. The minimum absolute atomic E-state index is 0.0823. The second-order valence-electron chi connectivity index (χ2n) is 6.76. The molecule has 0 aromatic heterocycles. The topological polar surface area (TPSA) is 20.2 Å². The lowest BCUT2D eigenvalue weighted by molar-refractivity contribution is -0.0709. The van der Waals surface area contributed by atoms with Crippen LogP contribution in [0, 0.1) is 23.0 Å². The number of hydrogen-bond donors (Lipinski definition) is 1. The van der Waals surface area contributed by atoms with Crippen LogP contribution in [0.5, 0.6) is 0 Å². The van der Waals surface area contributed by atoms with Crippen molar-refractivity contribution in [3.8, 4) is 0 Å². The van der Waals surface area contributed by atoms with Crippen molar-refractivity contribution in [2.45, 2.75) is 52.1 Å². The molecule has 0 spiro atoms. The van der Waals surface area contributed by atoms with Gasteiger partial charge in [0.05, 0.1) is 5.60 Å². The summed E-state index contributed by atoms with van der Waals surface area (Å²) in [5.74, 6) is -1.59. The fraction of sp³-hybridized carbons (Fsp3) is 0.625. The van der Waals surface area contributed by atoms with E-state index in [1.54, 1.807) is 6.07 Å². The van der Waals surface area contributed by atoms with E-state index in [4.69, 9.17) is 0 Å². The van der Waals surface area contributed by atoms with Gasteiger partial charge in [-0.25, -0.2) is 8.78 Å². The fourth-order valence-electron chi connectivity index (χ4n) is 3.20. The van der Waals surface area contributed by atoms with E-state index >= 15 is 0 Å². The van der Waals surface area contributed by atoms with Gasteiger partial charge >= 0.3 is 0 Å². The van der Waals surface area contributed by atoms with E-state index in [1.807, 2.05) is 6.92 Å². The van der Waals surface area contributed by atoms with Crippen LogP contribution in [-0.4, -0.2) is 10.7 Å². The molecule has 1 aromatic rings. The zero-order chi connectivity index (χ0) is 14.3. The Morgan fingerprint density at radius 3 is 2.58 bits per heavy atom. The van der Waals surface area contributed by atoms with Gasteiger partial charge in [-0.3, -0.25) is 0 Å². The lowest BCUT2D eigenvalue weighted by Gasteiger charge is -2.45. The molecule has 1 saturated carbocycles. The molecule has 1 aliphatic carbocycles. The first-order chi connectivity index (χ1) is 8.73. The summed E-state index contributed by atoms with van der Waals surface area (Å²) in [6, 6.07) is 4.16. The molecule has 19 heavy (non-hydrogen) atoms. The van der Waals surface area contributed by atoms with Crippen LogP contribution in [0.1, 0.15) is 45.6 Å². The Labute approximate surface area is 113 Å². The third-order valence-electron chi connectivity index (χ3n) is 4.54. The zero-order valence-corrected chi connectivity index (χ0v) is 11.8. The number of rotatable bonds is 2. The summed E-state index contributed by atoms with van der Waals surface area (Å²) in [6.45, 7) is 6.37. The molecule has 1 N–H and O–H groups in total. The summed E-state index contributed by atoms with van der Waals surface area (Å²) in [6.07, 6.45) is 2.64. The SMILES string of the molecule is CC1CC(C)(C)CCC1(O)Cc1cccc(F)c1F. The molecule has 0 aliphatic heterocycles. The van der Waals surface area contributed by atoms with Crippen molar-refractivity contribution in [3.05, 3.63) is 35.4 Å². The molecule has 2 unspecified atom stereocenters. The van der Waals surface area contributed by atoms with E-state index in [-0.39, 0.29) is 23.3 Å². The molecule has 1 aliphatic rings. The summed E-state index contributed by atoms with van der Waals surface area (Å²) in [5.41, 5.74) is -0.440. The van der Waals surface area contributed by atoms with Crippen LogP contribution in [0.15, 0.2) is 18.2 Å². The fourth-order valence-corrected chi connectivity index (χ4v) is 3.20. The van der Waals surface area contributed by atoms with Crippen LogP contribution in [-0.2, 0) is 6.42 Å². The van der Waals surface area contributed by atoms with Crippen molar-refractivity contribution in [3.63, 3.8) is 0 Å². The van der Waals surface area contributed by atoms with Crippen molar-refractivity contribution in [2.24, 2.45) is 11.3 Å². The van der Waals surface area contributed by atoms with Gasteiger partial charge in [0.15, 0.2) is 11.6 Å². The minimum Gasteiger partial charge on any atom is -0.389 e. The van der Waals surface area contributed by atoms with Gasteiger partial charge in [0.25, 0.3) is 0 Å². The summed E-state index contributed by atoms with van der Waals surface area (Å²) >= 11 is 0. The summed E-state index contributed by atoms with van der Waals surface area (Å²) < 4.78 is 26.9. The highest BCUT2D eigenvalue weighted by molar-refractivity contribution is 5.21. The first-order valence-corrected chi connectivity index (χ1v) is 6.89. The lowest BCUT2D eigenvalue weighted by Crippen LogP contribution is -2.45. The van der Waals surface area contributed by atoms with Crippen molar-refractivity contribution in [2.75, 3.05) is 0 Å². The Morgan fingerprint density at radius 2 is 1.95 bits per heavy atom. The molecule has 3 heteroatoms. The maximum absolute atomic E-state index is 13.7. The van der Waals surface area contributed by atoms with Gasteiger partial charge in [-0.2, -0.15) is 0 Å². The predicted octanol–water partition coefficient (Wildman–Crippen LogP) is 4.08. The second-order valence-corrected chi connectivity index (χ2v) is 6.76. The highest BCUT2D eigenvalue weighted by atomic mass is 19.2. The lowest BCUT2D eigenvalue weighted by atomic mass is 9.64. The van der Waals surface area contributed by atoms with Gasteiger partial charge in [-0.1, -0.05) is 32.9 Å². The Morgan fingerprint density at radius 1 is 1.26 bits per heavy atom. The molecule has 0 heterocycles. The normalized spacial score (nSPS) is 30.3. The maximum atomic E-state index is 13.7. The number of aliphatic hydroxyl groups is 1. The third kappa shape index (κ3) is 2.97. The minimum atomic E-state index is -0.926. The van der Waals surface area contributed by atoms with Gasteiger partial charge in [0, 0.05) is 6.42 Å². The molecule has 106 valence electrons. The van der Waals surface area contributed by atoms with Crippen LogP contribution in [0.3, 0.4) is 0 Å². The van der Waals surface area contributed by atoms with E-state index < -0.39 is 17.2 Å². The Bertz CT molecular complexity index is 470. The first-order valence-electron chi connectivity index (χ1n) is 6.89. The first kappa shape index (κ1) is 14.4. The largest absolute Gasteiger partial charge is 0.389 e.